The van der Waals surface area contributed by atoms with E-state index in [4.69, 9.17) is 29.0 Å². The highest BCUT2D eigenvalue weighted by Gasteiger charge is 2.11. The Hall–Kier alpha value is -2.34. The van der Waals surface area contributed by atoms with Gasteiger partial charge in [0.25, 0.3) is 5.91 Å². The van der Waals surface area contributed by atoms with Gasteiger partial charge in [0.05, 0.1) is 17.8 Å². The Morgan fingerprint density at radius 2 is 2.08 bits per heavy atom. The maximum absolute atomic E-state index is 11.4. The van der Waals surface area contributed by atoms with Gasteiger partial charge in [0.2, 0.25) is 0 Å². The maximum Gasteiger partial charge on any atom is 0.257 e. The summed E-state index contributed by atoms with van der Waals surface area (Å²) < 4.78 is 1.86. The number of aromatic nitrogens is 2. The number of amides is 1. The number of fused-ring (bicyclic) bond motifs is 1. The summed E-state index contributed by atoms with van der Waals surface area (Å²) in [4.78, 5) is 11.4. The fourth-order valence-corrected chi connectivity index (χ4v) is 3.04. The minimum absolute atomic E-state index is 0.393. The van der Waals surface area contributed by atoms with Crippen molar-refractivity contribution in [2.45, 2.75) is 13.5 Å². The van der Waals surface area contributed by atoms with Crippen LogP contribution in [0.2, 0.25) is 10.0 Å². The lowest BCUT2D eigenvalue weighted by molar-refractivity contribution is -0.116. The fraction of sp³-hybridized carbons (Fsp3) is 0.111. The van der Waals surface area contributed by atoms with Gasteiger partial charge in [-0.15, -0.1) is 0 Å². The van der Waals surface area contributed by atoms with Crippen LogP contribution in [-0.4, -0.2) is 15.7 Å². The molecule has 0 aliphatic rings. The molecule has 128 valence electrons. The third-order valence-electron chi connectivity index (χ3n) is 3.81. The van der Waals surface area contributed by atoms with Crippen molar-refractivity contribution >= 4 is 46.1 Å². The molecule has 1 aromatic heterocycles. The summed E-state index contributed by atoms with van der Waals surface area (Å²) in [5.41, 5.74) is 5.73. The first-order valence-electron chi connectivity index (χ1n) is 7.57. The van der Waals surface area contributed by atoms with E-state index in [1.54, 1.807) is 18.2 Å². The SMILES string of the molecule is Cc1ccc2c(C=CC(=O)NN)nn(Cc3ccc(Cl)cc3Cl)c2c1. The van der Waals surface area contributed by atoms with Gasteiger partial charge in [-0.25, -0.2) is 5.84 Å². The molecule has 25 heavy (non-hydrogen) atoms. The number of carbonyl (C=O) groups is 1. The van der Waals surface area contributed by atoms with E-state index in [1.807, 2.05) is 35.9 Å². The molecule has 0 aliphatic carbocycles. The number of carbonyl (C=O) groups excluding carboxylic acids is 1. The second kappa shape index (κ2) is 7.27. The number of hydrogen-bond acceptors (Lipinski definition) is 3. The number of halogens is 2. The van der Waals surface area contributed by atoms with Crippen molar-refractivity contribution in [1.29, 1.82) is 0 Å². The quantitative estimate of drug-likeness (QED) is 0.316. The fourth-order valence-electron chi connectivity index (χ4n) is 2.57. The first-order chi connectivity index (χ1) is 12.0. The molecule has 0 aliphatic heterocycles. The summed E-state index contributed by atoms with van der Waals surface area (Å²) in [6.45, 7) is 2.51. The summed E-state index contributed by atoms with van der Waals surface area (Å²) >= 11 is 12.2. The predicted octanol–water partition coefficient (Wildman–Crippen LogP) is 3.70. The molecule has 0 saturated carbocycles. The highest BCUT2D eigenvalue weighted by molar-refractivity contribution is 6.35. The summed E-state index contributed by atoms with van der Waals surface area (Å²) in [6.07, 6.45) is 2.99. The van der Waals surface area contributed by atoms with Crippen molar-refractivity contribution in [3.05, 3.63) is 69.3 Å². The van der Waals surface area contributed by atoms with E-state index >= 15 is 0 Å². The molecule has 1 amide bonds. The third kappa shape index (κ3) is 3.85. The van der Waals surface area contributed by atoms with Gasteiger partial charge in [-0.2, -0.15) is 5.10 Å². The van der Waals surface area contributed by atoms with E-state index in [0.29, 0.717) is 22.3 Å². The van der Waals surface area contributed by atoms with Crippen LogP contribution in [0.5, 0.6) is 0 Å². The Bertz CT molecular complexity index is 979. The van der Waals surface area contributed by atoms with Crippen LogP contribution in [-0.2, 0) is 11.3 Å². The highest BCUT2D eigenvalue weighted by atomic mass is 35.5. The molecule has 0 unspecified atom stereocenters. The Labute approximate surface area is 155 Å². The van der Waals surface area contributed by atoms with Crippen molar-refractivity contribution in [3.8, 4) is 0 Å². The Balaban J connectivity index is 2.06. The van der Waals surface area contributed by atoms with Crippen LogP contribution in [0.4, 0.5) is 0 Å². The number of nitrogens with two attached hydrogens (primary N) is 1. The molecule has 3 rings (SSSR count). The van der Waals surface area contributed by atoms with Crippen LogP contribution in [0.15, 0.2) is 42.5 Å². The zero-order chi connectivity index (χ0) is 18.0. The Kier molecular flexibility index (Phi) is 5.08. The topological polar surface area (TPSA) is 72.9 Å². The number of aryl methyl sites for hydroxylation is 1. The number of hydrogen-bond donors (Lipinski definition) is 2. The van der Waals surface area contributed by atoms with Crippen LogP contribution < -0.4 is 11.3 Å². The van der Waals surface area contributed by atoms with Gasteiger partial charge in [-0.3, -0.25) is 14.9 Å². The van der Waals surface area contributed by atoms with E-state index in [0.717, 1.165) is 22.0 Å². The van der Waals surface area contributed by atoms with Gasteiger partial charge >= 0.3 is 0 Å². The monoisotopic (exact) mass is 374 g/mol. The summed E-state index contributed by atoms with van der Waals surface area (Å²) in [7, 11) is 0. The lowest BCUT2D eigenvalue weighted by Crippen LogP contribution is -2.27. The number of nitrogens with one attached hydrogen (secondary N) is 1. The summed E-state index contributed by atoms with van der Waals surface area (Å²) in [5.74, 6) is 4.71. The molecule has 1 heterocycles. The van der Waals surface area contributed by atoms with Crippen molar-refractivity contribution in [2.24, 2.45) is 5.84 Å². The molecule has 0 radical (unpaired) electrons. The van der Waals surface area contributed by atoms with Crippen LogP contribution in [0.25, 0.3) is 17.0 Å². The number of rotatable bonds is 4. The average Bonchev–Trinajstić information content (AvgIpc) is 2.92. The zero-order valence-corrected chi connectivity index (χ0v) is 15.0. The van der Waals surface area contributed by atoms with E-state index in [-0.39, 0.29) is 0 Å². The van der Waals surface area contributed by atoms with Gasteiger partial charge in [0.15, 0.2) is 0 Å². The molecule has 0 fully saturated rings. The van der Waals surface area contributed by atoms with Gasteiger partial charge in [0, 0.05) is 21.5 Å². The molecule has 0 atom stereocenters. The van der Waals surface area contributed by atoms with Crippen LogP contribution >= 0.6 is 23.2 Å². The zero-order valence-electron chi connectivity index (χ0n) is 13.5. The molecule has 5 nitrogen and oxygen atoms in total. The summed E-state index contributed by atoms with van der Waals surface area (Å²) in [6, 6.07) is 11.4. The van der Waals surface area contributed by atoms with Crippen molar-refractivity contribution in [3.63, 3.8) is 0 Å². The van der Waals surface area contributed by atoms with Gasteiger partial charge < -0.3 is 0 Å². The molecule has 3 aromatic rings. The first-order valence-corrected chi connectivity index (χ1v) is 8.33. The normalized spacial score (nSPS) is 11.4. The van der Waals surface area contributed by atoms with Crippen LogP contribution in [0.1, 0.15) is 16.8 Å². The molecular weight excluding hydrogens is 359 g/mol. The van der Waals surface area contributed by atoms with Crippen LogP contribution in [0, 0.1) is 6.92 Å². The molecule has 0 spiro atoms. The predicted molar refractivity (Wildman–Crippen MR) is 101 cm³/mol. The van der Waals surface area contributed by atoms with E-state index in [2.05, 4.69) is 10.5 Å². The first kappa shape index (κ1) is 17.5. The number of hydrazine groups is 1. The second-order valence-electron chi connectivity index (χ2n) is 5.64. The largest absolute Gasteiger partial charge is 0.291 e. The smallest absolute Gasteiger partial charge is 0.257 e. The lowest BCUT2D eigenvalue weighted by atomic mass is 10.1. The van der Waals surface area contributed by atoms with E-state index in [9.17, 15) is 4.79 Å². The molecule has 0 saturated heterocycles. The van der Waals surface area contributed by atoms with Crippen molar-refractivity contribution < 1.29 is 4.79 Å². The maximum atomic E-state index is 11.4. The Morgan fingerprint density at radius 3 is 2.80 bits per heavy atom. The second-order valence-corrected chi connectivity index (χ2v) is 6.48. The van der Waals surface area contributed by atoms with Crippen molar-refractivity contribution in [1.82, 2.24) is 15.2 Å². The Morgan fingerprint density at radius 1 is 1.28 bits per heavy atom. The number of nitrogens with zero attached hydrogens (tertiary/aromatic N) is 2. The van der Waals surface area contributed by atoms with Gasteiger partial charge in [0.1, 0.15) is 0 Å². The minimum atomic E-state index is -0.393. The third-order valence-corrected chi connectivity index (χ3v) is 4.39. The minimum Gasteiger partial charge on any atom is -0.291 e. The van der Waals surface area contributed by atoms with Crippen LogP contribution in [0.3, 0.4) is 0 Å². The molecule has 3 N–H and O–H groups in total. The standard InChI is InChI=1S/C18H16Cl2N4O/c1-11-2-5-14-16(6-7-18(25)22-21)23-24(17(14)8-11)10-12-3-4-13(19)9-15(12)20/h2-9H,10,21H2,1H3,(H,22,25). The molecule has 0 bridgehead atoms. The molecule has 2 aromatic carbocycles. The molecular formula is C18H16Cl2N4O. The lowest BCUT2D eigenvalue weighted by Gasteiger charge is -2.07. The molecule has 7 heteroatoms. The van der Waals surface area contributed by atoms with Gasteiger partial charge in [-0.1, -0.05) is 41.4 Å². The van der Waals surface area contributed by atoms with Gasteiger partial charge in [-0.05, 0) is 42.3 Å². The van der Waals surface area contributed by atoms with E-state index < -0.39 is 5.91 Å². The van der Waals surface area contributed by atoms with E-state index in [1.165, 1.54) is 6.08 Å². The number of benzene rings is 2. The average molecular weight is 375 g/mol. The highest BCUT2D eigenvalue weighted by Crippen LogP contribution is 2.25. The summed E-state index contributed by atoms with van der Waals surface area (Å²) in [5, 5.41) is 6.73. The van der Waals surface area contributed by atoms with Crippen molar-refractivity contribution in [2.75, 3.05) is 0 Å².